The first kappa shape index (κ1) is 20.7. The Hall–Kier alpha value is -4.17. The summed E-state index contributed by atoms with van der Waals surface area (Å²) in [5, 5.41) is 19.4. The Labute approximate surface area is 194 Å². The van der Waals surface area contributed by atoms with Gasteiger partial charge in [-0.25, -0.2) is 0 Å². The molecule has 0 aliphatic heterocycles. The van der Waals surface area contributed by atoms with Crippen LogP contribution in [0.4, 0.5) is 5.82 Å². The van der Waals surface area contributed by atoms with Crippen LogP contribution in [0.25, 0.3) is 16.4 Å². The van der Waals surface area contributed by atoms with Gasteiger partial charge in [-0.3, -0.25) is 5.43 Å². The number of ether oxygens (including phenoxy) is 2. The smallest absolute Gasteiger partial charge is 0.185 e. The van der Waals surface area contributed by atoms with Gasteiger partial charge in [-0.2, -0.15) is 9.62 Å². The highest BCUT2D eigenvalue weighted by Gasteiger charge is 2.10. The molecule has 33 heavy (non-hydrogen) atoms. The second-order valence-electron chi connectivity index (χ2n) is 7.15. The van der Waals surface area contributed by atoms with Gasteiger partial charge < -0.3 is 9.47 Å². The summed E-state index contributed by atoms with van der Waals surface area (Å²) in [6, 6.07) is 21.0. The van der Waals surface area contributed by atoms with Crippen molar-refractivity contribution in [2.75, 3.05) is 12.5 Å². The number of halogens is 1. The normalized spacial score (nSPS) is 11.3. The van der Waals surface area contributed by atoms with Crippen LogP contribution < -0.4 is 14.9 Å². The van der Waals surface area contributed by atoms with Crippen LogP contribution in [-0.2, 0) is 6.61 Å². The summed E-state index contributed by atoms with van der Waals surface area (Å²) >= 11 is 6.21. The molecular formula is C24H19ClN6O2. The molecule has 3 aromatic carbocycles. The highest BCUT2D eigenvalue weighted by atomic mass is 35.5. The molecule has 0 radical (unpaired) electrons. The van der Waals surface area contributed by atoms with Gasteiger partial charge in [0.15, 0.2) is 23.0 Å². The highest BCUT2D eigenvalue weighted by Crippen LogP contribution is 2.29. The number of methoxy groups -OCH3 is 1. The molecule has 5 aromatic rings. The first-order valence-electron chi connectivity index (χ1n) is 10.1. The summed E-state index contributed by atoms with van der Waals surface area (Å²) in [7, 11) is 1.60. The second kappa shape index (κ2) is 9.13. The number of fused-ring (bicyclic) bond motifs is 3. The molecule has 0 spiro atoms. The molecule has 0 fully saturated rings. The molecule has 0 aliphatic carbocycles. The zero-order valence-corrected chi connectivity index (χ0v) is 18.4. The van der Waals surface area contributed by atoms with Crippen molar-refractivity contribution in [1.29, 1.82) is 0 Å². The van der Waals surface area contributed by atoms with E-state index in [2.05, 4.69) is 25.8 Å². The van der Waals surface area contributed by atoms with Crippen molar-refractivity contribution in [3.8, 4) is 11.5 Å². The first-order valence-corrected chi connectivity index (χ1v) is 10.5. The van der Waals surface area contributed by atoms with Crippen molar-refractivity contribution in [2.24, 2.45) is 5.10 Å². The Balaban J connectivity index is 1.34. The fourth-order valence-corrected chi connectivity index (χ4v) is 3.62. The van der Waals surface area contributed by atoms with E-state index >= 15 is 0 Å². The van der Waals surface area contributed by atoms with E-state index in [1.807, 2.05) is 66.7 Å². The third-order valence-corrected chi connectivity index (χ3v) is 5.44. The van der Waals surface area contributed by atoms with E-state index in [0.29, 0.717) is 34.6 Å². The number of aromatic nitrogens is 4. The molecule has 2 heterocycles. The van der Waals surface area contributed by atoms with E-state index in [0.717, 1.165) is 21.9 Å². The van der Waals surface area contributed by atoms with Crippen molar-refractivity contribution in [3.05, 3.63) is 89.2 Å². The Kier molecular flexibility index (Phi) is 5.73. The number of rotatable bonds is 7. The first-order chi connectivity index (χ1) is 16.2. The van der Waals surface area contributed by atoms with Crippen LogP contribution in [-0.4, -0.2) is 33.1 Å². The van der Waals surface area contributed by atoms with E-state index in [1.54, 1.807) is 24.2 Å². The fraction of sp³-hybridized carbons (Fsp3) is 0.0833. The van der Waals surface area contributed by atoms with E-state index in [1.165, 1.54) is 0 Å². The maximum absolute atomic E-state index is 6.21. The number of nitrogens with one attached hydrogen (secondary N) is 1. The van der Waals surface area contributed by atoms with Crippen LogP contribution >= 0.6 is 11.6 Å². The molecule has 9 heteroatoms. The Morgan fingerprint density at radius 1 is 1.03 bits per heavy atom. The van der Waals surface area contributed by atoms with Gasteiger partial charge in [0.25, 0.3) is 0 Å². The summed E-state index contributed by atoms with van der Waals surface area (Å²) in [6.45, 7) is 0.343. The average Bonchev–Trinajstić information content (AvgIpc) is 3.33. The molecule has 1 N–H and O–H groups in total. The molecule has 0 saturated heterocycles. The van der Waals surface area contributed by atoms with Crippen LogP contribution in [0.3, 0.4) is 0 Å². The third-order valence-electron chi connectivity index (χ3n) is 5.07. The van der Waals surface area contributed by atoms with Crippen LogP contribution in [0.1, 0.15) is 11.1 Å². The molecule has 0 unspecified atom stereocenters. The molecule has 2 aromatic heterocycles. The van der Waals surface area contributed by atoms with E-state index in [9.17, 15) is 0 Å². The zero-order chi connectivity index (χ0) is 22.6. The predicted octanol–water partition coefficient (Wildman–Crippen LogP) is 4.96. The fourth-order valence-electron chi connectivity index (χ4n) is 3.43. The van der Waals surface area contributed by atoms with Crippen LogP contribution in [0.15, 0.2) is 78.2 Å². The number of nitrogens with zero attached hydrogens (tertiary/aromatic N) is 5. The largest absolute Gasteiger partial charge is 0.493 e. The van der Waals surface area contributed by atoms with Gasteiger partial charge >= 0.3 is 0 Å². The number of hydrogen-bond donors (Lipinski definition) is 1. The summed E-state index contributed by atoms with van der Waals surface area (Å²) in [4.78, 5) is 0. The minimum atomic E-state index is 0.343. The van der Waals surface area contributed by atoms with Gasteiger partial charge in [-0.05, 0) is 29.8 Å². The summed E-state index contributed by atoms with van der Waals surface area (Å²) < 4.78 is 13.0. The molecule has 0 amide bonds. The molecule has 5 rings (SSSR count). The maximum Gasteiger partial charge on any atom is 0.185 e. The number of anilines is 1. The molecular weight excluding hydrogens is 440 g/mol. The maximum atomic E-state index is 6.21. The Morgan fingerprint density at radius 3 is 2.70 bits per heavy atom. The van der Waals surface area contributed by atoms with Gasteiger partial charge in [0, 0.05) is 21.4 Å². The molecule has 8 nitrogen and oxygen atoms in total. The Bertz CT molecular complexity index is 1470. The van der Waals surface area contributed by atoms with Gasteiger partial charge in [0.05, 0.1) is 13.3 Å². The minimum absolute atomic E-state index is 0.343. The summed E-state index contributed by atoms with van der Waals surface area (Å²) in [6.07, 6.45) is 3.25. The van der Waals surface area contributed by atoms with E-state index in [-0.39, 0.29) is 0 Å². The van der Waals surface area contributed by atoms with Crippen molar-refractivity contribution in [1.82, 2.24) is 19.8 Å². The third kappa shape index (κ3) is 4.28. The lowest BCUT2D eigenvalue weighted by atomic mass is 10.2. The molecule has 0 atom stereocenters. The quantitative estimate of drug-likeness (QED) is 0.274. The number of benzene rings is 3. The van der Waals surface area contributed by atoms with Crippen LogP contribution in [0, 0.1) is 0 Å². The summed E-state index contributed by atoms with van der Waals surface area (Å²) in [5.74, 6) is 1.81. The van der Waals surface area contributed by atoms with Crippen LogP contribution in [0.2, 0.25) is 5.02 Å². The van der Waals surface area contributed by atoms with Crippen LogP contribution in [0.5, 0.6) is 11.5 Å². The number of hydrazone groups is 1. The lowest BCUT2D eigenvalue weighted by Crippen LogP contribution is -2.01. The molecule has 0 aliphatic rings. The lowest BCUT2D eigenvalue weighted by molar-refractivity contribution is 0.284. The van der Waals surface area contributed by atoms with Crippen molar-refractivity contribution < 1.29 is 9.47 Å². The lowest BCUT2D eigenvalue weighted by Gasteiger charge is -2.12. The topological polar surface area (TPSA) is 85.9 Å². The van der Waals surface area contributed by atoms with Crippen molar-refractivity contribution in [2.45, 2.75) is 6.61 Å². The van der Waals surface area contributed by atoms with Gasteiger partial charge in [-0.15, -0.1) is 15.3 Å². The minimum Gasteiger partial charge on any atom is -0.493 e. The Morgan fingerprint density at radius 2 is 1.85 bits per heavy atom. The standard InChI is InChI=1S/C24H19ClN6O2/c1-32-22-12-16(10-11-21(22)33-14-17-6-2-5-9-20(17)25)13-26-28-23-18-7-3-4-8-19(18)24-29-27-15-31(24)30-23/h2-13,15H,14H2,1H3,(H,28,30)/b26-13-. The van der Waals surface area contributed by atoms with E-state index in [4.69, 9.17) is 21.1 Å². The highest BCUT2D eigenvalue weighted by molar-refractivity contribution is 6.31. The van der Waals surface area contributed by atoms with Gasteiger partial charge in [0.2, 0.25) is 0 Å². The van der Waals surface area contributed by atoms with Crippen molar-refractivity contribution >= 4 is 40.1 Å². The monoisotopic (exact) mass is 458 g/mol. The number of hydrogen-bond acceptors (Lipinski definition) is 7. The van der Waals surface area contributed by atoms with Gasteiger partial charge in [-0.1, -0.05) is 54.1 Å². The summed E-state index contributed by atoms with van der Waals surface area (Å²) in [5.41, 5.74) is 5.45. The predicted molar refractivity (Wildman–Crippen MR) is 128 cm³/mol. The molecule has 0 bridgehead atoms. The molecule has 164 valence electrons. The average molecular weight is 459 g/mol. The zero-order valence-electron chi connectivity index (χ0n) is 17.6. The molecule has 0 saturated carbocycles. The SMILES string of the molecule is COc1cc(/C=N\Nc2nn3cnnc3c3ccccc23)ccc1OCc1ccccc1Cl. The second-order valence-corrected chi connectivity index (χ2v) is 7.56. The van der Waals surface area contributed by atoms with Gasteiger partial charge in [0.1, 0.15) is 12.9 Å². The van der Waals surface area contributed by atoms with E-state index < -0.39 is 0 Å². The van der Waals surface area contributed by atoms with Crippen molar-refractivity contribution in [3.63, 3.8) is 0 Å².